The lowest BCUT2D eigenvalue weighted by Crippen LogP contribution is -2.49. The Morgan fingerprint density at radius 3 is 2.55 bits per heavy atom. The monoisotopic (exact) mass is 340 g/mol. The van der Waals surface area contributed by atoms with Gasteiger partial charge in [0.25, 0.3) is 0 Å². The van der Waals surface area contributed by atoms with Gasteiger partial charge in [0.05, 0.1) is 0 Å². The van der Waals surface area contributed by atoms with Crippen molar-refractivity contribution in [2.24, 2.45) is 5.41 Å². The molecule has 0 unspecified atom stereocenters. The third-order valence-electron chi connectivity index (χ3n) is 4.12. The predicted molar refractivity (Wildman–Crippen MR) is 86.9 cm³/mol. The summed E-state index contributed by atoms with van der Waals surface area (Å²) in [5.41, 5.74) is 2.35. The molecule has 1 aromatic carbocycles. The summed E-state index contributed by atoms with van der Waals surface area (Å²) in [4.78, 5) is 2.49. The molecule has 2 N–H and O–H groups in total. The first-order valence-corrected chi connectivity index (χ1v) is 8.06. The molecule has 1 aromatic rings. The van der Waals surface area contributed by atoms with E-state index in [0.29, 0.717) is 0 Å². The van der Waals surface area contributed by atoms with Gasteiger partial charge in [0, 0.05) is 48.7 Å². The molecule has 0 amide bonds. The van der Waals surface area contributed by atoms with Gasteiger partial charge >= 0.3 is 0 Å². The van der Waals surface area contributed by atoms with Gasteiger partial charge in [0.15, 0.2) is 0 Å². The predicted octanol–water partition coefficient (Wildman–Crippen LogP) is 2.72. The number of aryl methyl sites for hydroxylation is 1. The van der Waals surface area contributed by atoms with E-state index in [1.165, 1.54) is 11.1 Å². The molecule has 1 heterocycles. The Hall–Kier alpha value is -0.420. The van der Waals surface area contributed by atoms with Crippen molar-refractivity contribution in [1.82, 2.24) is 10.2 Å². The van der Waals surface area contributed by atoms with Crippen molar-refractivity contribution < 1.29 is 5.11 Å². The zero-order valence-electron chi connectivity index (χ0n) is 12.6. The Morgan fingerprint density at radius 1 is 1.35 bits per heavy atom. The van der Waals surface area contributed by atoms with Crippen molar-refractivity contribution in [3.05, 3.63) is 33.8 Å². The molecule has 3 nitrogen and oxygen atoms in total. The Kier molecular flexibility index (Phi) is 5.24. The van der Waals surface area contributed by atoms with Gasteiger partial charge < -0.3 is 10.4 Å². The maximum atomic E-state index is 9.84. The first-order chi connectivity index (χ1) is 9.45. The van der Waals surface area contributed by atoms with Gasteiger partial charge in [0.2, 0.25) is 0 Å². The van der Waals surface area contributed by atoms with Crippen LogP contribution in [0, 0.1) is 12.3 Å². The van der Waals surface area contributed by atoms with Crippen LogP contribution in [0.15, 0.2) is 22.7 Å². The maximum absolute atomic E-state index is 9.84. The fourth-order valence-electron chi connectivity index (χ4n) is 2.99. The highest BCUT2D eigenvalue weighted by molar-refractivity contribution is 9.10. The molecule has 20 heavy (non-hydrogen) atoms. The van der Waals surface area contributed by atoms with Crippen LogP contribution in [0.25, 0.3) is 0 Å². The van der Waals surface area contributed by atoms with E-state index >= 15 is 0 Å². The second-order valence-electron chi connectivity index (χ2n) is 6.36. The summed E-state index contributed by atoms with van der Waals surface area (Å²) in [5, 5.41) is 13.2. The van der Waals surface area contributed by atoms with Crippen LogP contribution in [0.5, 0.6) is 0 Å². The summed E-state index contributed by atoms with van der Waals surface area (Å²) in [7, 11) is 0. The van der Waals surface area contributed by atoms with Crippen LogP contribution in [0.1, 0.15) is 31.0 Å². The van der Waals surface area contributed by atoms with E-state index in [-0.39, 0.29) is 18.1 Å². The van der Waals surface area contributed by atoms with Crippen molar-refractivity contribution in [3.63, 3.8) is 0 Å². The molecular formula is C16H25BrN2O. The minimum absolute atomic E-state index is 0.172. The normalized spacial score (nSPS) is 19.1. The maximum Gasteiger partial charge on any atom is 0.0500 e. The third kappa shape index (κ3) is 3.42. The van der Waals surface area contributed by atoms with Gasteiger partial charge in [-0.25, -0.2) is 0 Å². The summed E-state index contributed by atoms with van der Waals surface area (Å²) in [5.74, 6) is 0. The molecule has 0 aliphatic carbocycles. The minimum atomic E-state index is -0.172. The minimum Gasteiger partial charge on any atom is -0.396 e. The second-order valence-corrected chi connectivity index (χ2v) is 7.21. The van der Waals surface area contributed by atoms with Crippen LogP contribution >= 0.6 is 15.9 Å². The molecule has 0 bridgehead atoms. The van der Waals surface area contributed by atoms with E-state index in [1.807, 2.05) is 0 Å². The Labute approximate surface area is 130 Å². The number of rotatable bonds is 4. The highest BCUT2D eigenvalue weighted by Crippen LogP contribution is 2.41. The van der Waals surface area contributed by atoms with E-state index in [9.17, 15) is 5.11 Å². The van der Waals surface area contributed by atoms with E-state index in [4.69, 9.17) is 0 Å². The van der Waals surface area contributed by atoms with Crippen LogP contribution in [0.3, 0.4) is 0 Å². The molecule has 1 saturated heterocycles. The highest BCUT2D eigenvalue weighted by atomic mass is 79.9. The van der Waals surface area contributed by atoms with Crippen LogP contribution < -0.4 is 5.32 Å². The highest BCUT2D eigenvalue weighted by Gasteiger charge is 2.36. The average molecular weight is 341 g/mol. The van der Waals surface area contributed by atoms with Crippen molar-refractivity contribution >= 4 is 15.9 Å². The molecule has 112 valence electrons. The summed E-state index contributed by atoms with van der Waals surface area (Å²) in [6.07, 6.45) is 0. The number of hydrogen-bond acceptors (Lipinski definition) is 3. The van der Waals surface area contributed by atoms with Gasteiger partial charge in [-0.15, -0.1) is 0 Å². The summed E-state index contributed by atoms with van der Waals surface area (Å²) < 4.78 is 1.14. The molecule has 1 fully saturated rings. The molecule has 1 aliphatic rings. The molecule has 0 spiro atoms. The van der Waals surface area contributed by atoms with Crippen LogP contribution in [-0.2, 0) is 0 Å². The molecule has 0 aromatic heterocycles. The molecule has 0 radical (unpaired) electrons. The number of piperazine rings is 1. The number of aliphatic hydroxyl groups is 1. The van der Waals surface area contributed by atoms with E-state index in [2.05, 4.69) is 65.1 Å². The van der Waals surface area contributed by atoms with Crippen molar-refractivity contribution in [2.45, 2.75) is 26.8 Å². The fraction of sp³-hybridized carbons (Fsp3) is 0.625. The van der Waals surface area contributed by atoms with Crippen molar-refractivity contribution in [1.29, 1.82) is 0 Å². The Balaban J connectivity index is 2.39. The largest absolute Gasteiger partial charge is 0.396 e. The lowest BCUT2D eigenvalue weighted by Gasteiger charge is -2.44. The van der Waals surface area contributed by atoms with Gasteiger partial charge in [0.1, 0.15) is 0 Å². The van der Waals surface area contributed by atoms with Crippen molar-refractivity contribution in [2.75, 3.05) is 32.8 Å². The van der Waals surface area contributed by atoms with Crippen LogP contribution in [0.2, 0.25) is 0 Å². The SMILES string of the molecule is Cc1ccc([C@@H](N2CCNCC2)C(C)(C)CO)c(Br)c1. The summed E-state index contributed by atoms with van der Waals surface area (Å²) >= 11 is 3.71. The number of aliphatic hydroxyl groups excluding tert-OH is 1. The third-order valence-corrected chi connectivity index (χ3v) is 4.80. The Morgan fingerprint density at radius 2 is 2.00 bits per heavy atom. The number of nitrogens with one attached hydrogen (secondary N) is 1. The van der Waals surface area contributed by atoms with E-state index in [0.717, 1.165) is 30.7 Å². The average Bonchev–Trinajstić information content (AvgIpc) is 2.43. The van der Waals surface area contributed by atoms with Gasteiger partial charge in [-0.2, -0.15) is 0 Å². The molecule has 4 heteroatoms. The quantitative estimate of drug-likeness (QED) is 0.884. The van der Waals surface area contributed by atoms with E-state index in [1.54, 1.807) is 0 Å². The fourth-order valence-corrected chi connectivity index (χ4v) is 3.70. The molecule has 1 atom stereocenters. The first-order valence-electron chi connectivity index (χ1n) is 7.27. The Bertz CT molecular complexity index is 456. The molecular weight excluding hydrogens is 316 g/mol. The number of hydrogen-bond donors (Lipinski definition) is 2. The lowest BCUT2D eigenvalue weighted by atomic mass is 9.79. The second kappa shape index (κ2) is 6.56. The van der Waals surface area contributed by atoms with Gasteiger partial charge in [-0.05, 0) is 24.1 Å². The molecule has 0 saturated carbocycles. The molecule has 1 aliphatic heterocycles. The van der Waals surface area contributed by atoms with Gasteiger partial charge in [-0.3, -0.25) is 4.90 Å². The summed E-state index contributed by atoms with van der Waals surface area (Å²) in [6.45, 7) is 10.7. The zero-order valence-corrected chi connectivity index (χ0v) is 14.2. The number of benzene rings is 1. The van der Waals surface area contributed by atoms with Crippen LogP contribution in [0.4, 0.5) is 0 Å². The smallest absolute Gasteiger partial charge is 0.0500 e. The first kappa shape index (κ1) is 16.0. The van der Waals surface area contributed by atoms with Crippen LogP contribution in [-0.4, -0.2) is 42.8 Å². The summed E-state index contributed by atoms with van der Waals surface area (Å²) in [6, 6.07) is 6.74. The van der Waals surface area contributed by atoms with E-state index < -0.39 is 0 Å². The lowest BCUT2D eigenvalue weighted by molar-refractivity contribution is 0.0301. The standard InChI is InChI=1S/C16H25BrN2O/c1-12-4-5-13(14(17)10-12)15(16(2,3)11-20)19-8-6-18-7-9-19/h4-5,10,15,18,20H,6-9,11H2,1-3H3/t15-/m1/s1. The zero-order chi connectivity index (χ0) is 14.8. The van der Waals surface area contributed by atoms with Crippen molar-refractivity contribution in [3.8, 4) is 0 Å². The number of halogens is 1. The topological polar surface area (TPSA) is 35.5 Å². The van der Waals surface area contributed by atoms with Gasteiger partial charge in [-0.1, -0.05) is 41.9 Å². The number of nitrogens with zero attached hydrogens (tertiary/aromatic N) is 1. The molecule has 2 rings (SSSR count).